The third-order valence-corrected chi connectivity index (χ3v) is 9.03. The van der Waals surface area contributed by atoms with E-state index in [4.69, 9.17) is 4.98 Å². The normalized spacial score (nSPS) is 11.5. The first-order chi connectivity index (χ1) is 22.3. The van der Waals surface area contributed by atoms with Gasteiger partial charge in [-0.25, -0.2) is 0 Å². The van der Waals surface area contributed by atoms with Gasteiger partial charge in [0.25, 0.3) is 0 Å². The maximum atomic E-state index is 9.73. The Balaban J connectivity index is 1.40. The standard InChI is InChI=1S/C42H25N3/c43-26-27-19-21-31-32-22-20-29(25-39(32)45(38(31)24-27)30-12-2-1-3-13-30)40-33-14-4-6-16-35(33)41(36-17-7-5-15-34(36)40)37-18-8-10-28-11-9-23-44-42(28)37/h1-25H. The molecule has 0 unspecified atom stereocenters. The lowest BCUT2D eigenvalue weighted by Gasteiger charge is -2.18. The lowest BCUT2D eigenvalue weighted by Crippen LogP contribution is -1.95. The van der Waals surface area contributed by atoms with Gasteiger partial charge in [0.15, 0.2) is 0 Å². The molecule has 0 aliphatic rings. The molecule has 3 nitrogen and oxygen atoms in total. The van der Waals surface area contributed by atoms with Crippen LogP contribution in [0, 0.1) is 11.3 Å². The molecule has 208 valence electrons. The second-order valence-electron chi connectivity index (χ2n) is 11.5. The van der Waals surface area contributed by atoms with Crippen LogP contribution in [-0.2, 0) is 0 Å². The predicted octanol–water partition coefficient (Wildman–Crippen LogP) is 10.8. The van der Waals surface area contributed by atoms with Crippen molar-refractivity contribution in [3.05, 3.63) is 157 Å². The van der Waals surface area contributed by atoms with E-state index in [0.717, 1.165) is 49.5 Å². The Hall–Kier alpha value is -6.24. The second kappa shape index (κ2) is 9.91. The lowest BCUT2D eigenvalue weighted by atomic mass is 9.85. The van der Waals surface area contributed by atoms with Crippen molar-refractivity contribution in [1.29, 1.82) is 5.26 Å². The van der Waals surface area contributed by atoms with Crippen LogP contribution < -0.4 is 0 Å². The van der Waals surface area contributed by atoms with Gasteiger partial charge in [-0.15, -0.1) is 0 Å². The average Bonchev–Trinajstić information content (AvgIpc) is 3.43. The summed E-state index contributed by atoms with van der Waals surface area (Å²) in [4.78, 5) is 4.83. The third-order valence-electron chi connectivity index (χ3n) is 9.03. The highest BCUT2D eigenvalue weighted by Crippen LogP contribution is 2.46. The Labute approximate surface area is 259 Å². The van der Waals surface area contributed by atoms with Crippen molar-refractivity contribution in [2.75, 3.05) is 0 Å². The van der Waals surface area contributed by atoms with Crippen LogP contribution >= 0.6 is 0 Å². The fourth-order valence-electron chi connectivity index (χ4n) is 7.13. The molecule has 0 aliphatic carbocycles. The molecule has 0 N–H and O–H groups in total. The minimum atomic E-state index is 0.651. The molecule has 45 heavy (non-hydrogen) atoms. The Bertz CT molecular complexity index is 2600. The number of aromatic nitrogens is 2. The molecule has 0 radical (unpaired) electrons. The third kappa shape index (κ3) is 3.80. The van der Waals surface area contributed by atoms with Crippen molar-refractivity contribution in [1.82, 2.24) is 9.55 Å². The number of nitriles is 1. The van der Waals surface area contributed by atoms with Crippen LogP contribution in [0.25, 0.3) is 82.2 Å². The molecule has 0 bridgehead atoms. The van der Waals surface area contributed by atoms with Gasteiger partial charge in [-0.3, -0.25) is 4.98 Å². The van der Waals surface area contributed by atoms with E-state index >= 15 is 0 Å². The SMILES string of the molecule is N#Cc1ccc2c3ccc(-c4c5ccccc5c(-c5cccc6cccnc56)c5ccccc45)cc3n(-c3ccccc3)c2c1. The maximum Gasteiger partial charge on any atom is 0.0992 e. The quantitative estimate of drug-likeness (QED) is 0.198. The molecule has 0 fully saturated rings. The van der Waals surface area contributed by atoms with Gasteiger partial charge in [-0.05, 0) is 74.6 Å². The maximum absolute atomic E-state index is 9.73. The van der Waals surface area contributed by atoms with Crippen molar-refractivity contribution >= 4 is 54.3 Å². The van der Waals surface area contributed by atoms with E-state index in [1.807, 2.05) is 30.5 Å². The number of rotatable bonds is 3. The van der Waals surface area contributed by atoms with Crippen LogP contribution in [0.3, 0.4) is 0 Å². The molecular weight excluding hydrogens is 546 g/mol. The van der Waals surface area contributed by atoms with Crippen LogP contribution in [0.2, 0.25) is 0 Å². The van der Waals surface area contributed by atoms with Crippen LogP contribution in [0.4, 0.5) is 0 Å². The topological polar surface area (TPSA) is 41.6 Å². The van der Waals surface area contributed by atoms with E-state index in [1.54, 1.807) is 0 Å². The molecule has 7 aromatic carbocycles. The van der Waals surface area contributed by atoms with Gasteiger partial charge in [-0.2, -0.15) is 5.26 Å². The van der Waals surface area contributed by atoms with Gasteiger partial charge < -0.3 is 4.57 Å². The summed E-state index contributed by atoms with van der Waals surface area (Å²) in [6.07, 6.45) is 1.88. The summed E-state index contributed by atoms with van der Waals surface area (Å²) in [5.41, 5.74) is 9.57. The molecule has 0 saturated carbocycles. The minimum absolute atomic E-state index is 0.651. The van der Waals surface area contributed by atoms with Crippen molar-refractivity contribution in [2.45, 2.75) is 0 Å². The fourth-order valence-corrected chi connectivity index (χ4v) is 7.13. The average molecular weight is 572 g/mol. The Morgan fingerprint density at radius 2 is 1.13 bits per heavy atom. The van der Waals surface area contributed by atoms with E-state index < -0.39 is 0 Å². The summed E-state index contributed by atoms with van der Waals surface area (Å²) in [5, 5.41) is 18.0. The van der Waals surface area contributed by atoms with Crippen molar-refractivity contribution < 1.29 is 0 Å². The van der Waals surface area contributed by atoms with E-state index in [2.05, 4.69) is 132 Å². The highest BCUT2D eigenvalue weighted by Gasteiger charge is 2.20. The molecule has 0 aliphatic heterocycles. The zero-order valence-corrected chi connectivity index (χ0v) is 24.3. The molecule has 3 heteroatoms. The Morgan fingerprint density at radius 1 is 0.511 bits per heavy atom. The summed E-state index contributed by atoms with van der Waals surface area (Å²) in [6, 6.07) is 53.6. The first-order valence-corrected chi connectivity index (χ1v) is 15.1. The van der Waals surface area contributed by atoms with E-state index in [1.165, 1.54) is 32.7 Å². The molecule has 9 rings (SSSR count). The number of pyridine rings is 1. The molecule has 0 saturated heterocycles. The molecule has 2 heterocycles. The highest BCUT2D eigenvalue weighted by molar-refractivity contribution is 6.24. The summed E-state index contributed by atoms with van der Waals surface area (Å²) in [6.45, 7) is 0. The predicted molar refractivity (Wildman–Crippen MR) is 187 cm³/mol. The molecule has 0 atom stereocenters. The minimum Gasteiger partial charge on any atom is -0.309 e. The van der Waals surface area contributed by atoms with E-state index in [-0.39, 0.29) is 0 Å². The number of hydrogen-bond donors (Lipinski definition) is 0. The molecule has 9 aromatic rings. The van der Waals surface area contributed by atoms with Gasteiger partial charge in [-0.1, -0.05) is 109 Å². The van der Waals surface area contributed by atoms with Crippen molar-refractivity contribution in [3.8, 4) is 34.0 Å². The number of fused-ring (bicyclic) bond motifs is 6. The van der Waals surface area contributed by atoms with Crippen LogP contribution in [0.15, 0.2) is 152 Å². The van der Waals surface area contributed by atoms with Gasteiger partial charge in [0.05, 0.1) is 28.2 Å². The van der Waals surface area contributed by atoms with E-state index in [9.17, 15) is 5.26 Å². The summed E-state index contributed by atoms with van der Waals surface area (Å²) >= 11 is 0. The lowest BCUT2D eigenvalue weighted by molar-refractivity contribution is 1.18. The first kappa shape index (κ1) is 25.3. The zero-order valence-electron chi connectivity index (χ0n) is 24.3. The molecule has 2 aromatic heterocycles. The van der Waals surface area contributed by atoms with Crippen LogP contribution in [0.5, 0.6) is 0 Å². The van der Waals surface area contributed by atoms with Gasteiger partial charge in [0.2, 0.25) is 0 Å². The number of benzene rings is 7. The van der Waals surface area contributed by atoms with Gasteiger partial charge in [0, 0.05) is 33.6 Å². The summed E-state index contributed by atoms with van der Waals surface area (Å²) in [7, 11) is 0. The van der Waals surface area contributed by atoms with E-state index in [0.29, 0.717) is 5.56 Å². The molecular formula is C42H25N3. The van der Waals surface area contributed by atoms with Crippen LogP contribution in [-0.4, -0.2) is 9.55 Å². The highest BCUT2D eigenvalue weighted by atomic mass is 15.0. The Kier molecular flexibility index (Phi) is 5.57. The molecule has 0 amide bonds. The van der Waals surface area contributed by atoms with Gasteiger partial charge >= 0.3 is 0 Å². The fraction of sp³-hybridized carbons (Fsp3) is 0. The van der Waals surface area contributed by atoms with Crippen LogP contribution in [0.1, 0.15) is 5.56 Å². The zero-order chi connectivity index (χ0) is 29.9. The monoisotopic (exact) mass is 571 g/mol. The first-order valence-electron chi connectivity index (χ1n) is 15.1. The smallest absolute Gasteiger partial charge is 0.0992 e. The largest absolute Gasteiger partial charge is 0.309 e. The number of para-hydroxylation sites is 2. The second-order valence-corrected chi connectivity index (χ2v) is 11.5. The number of nitrogens with zero attached hydrogens (tertiary/aromatic N) is 3. The Morgan fingerprint density at radius 3 is 1.84 bits per heavy atom. The van der Waals surface area contributed by atoms with Gasteiger partial charge in [0.1, 0.15) is 0 Å². The summed E-state index contributed by atoms with van der Waals surface area (Å²) in [5.74, 6) is 0. The summed E-state index contributed by atoms with van der Waals surface area (Å²) < 4.78 is 2.29. The van der Waals surface area contributed by atoms with Crippen molar-refractivity contribution in [3.63, 3.8) is 0 Å². The molecule has 0 spiro atoms. The number of hydrogen-bond acceptors (Lipinski definition) is 2. The van der Waals surface area contributed by atoms with Crippen molar-refractivity contribution in [2.24, 2.45) is 0 Å².